The van der Waals surface area contributed by atoms with Crippen molar-refractivity contribution in [3.05, 3.63) is 4.91 Å². The van der Waals surface area contributed by atoms with Gasteiger partial charge in [0, 0.05) is 9.88 Å². The lowest BCUT2D eigenvalue weighted by molar-refractivity contribution is -1.36. The van der Waals surface area contributed by atoms with E-state index < -0.39 is 0 Å². The Kier molecular flexibility index (Phi) is 6.87. The van der Waals surface area contributed by atoms with Crippen LogP contribution in [0.5, 0.6) is 0 Å². The van der Waals surface area contributed by atoms with Gasteiger partial charge in [-0.15, -0.1) is 0 Å². The van der Waals surface area contributed by atoms with Crippen LogP contribution in [0, 0.1) is 4.91 Å². The molecule has 7 heteroatoms. The van der Waals surface area contributed by atoms with E-state index in [0.29, 0.717) is 0 Å². The zero-order valence-corrected chi connectivity index (χ0v) is 11.5. The second-order valence-electron chi connectivity index (χ2n) is 5.07. The third-order valence-corrected chi connectivity index (χ3v) is 0.623. The first-order valence-electron chi connectivity index (χ1n) is 4.80. The lowest BCUT2D eigenvalue weighted by Gasteiger charge is -2.13. The molecule has 0 rings (SSSR count). The minimum absolute atomic E-state index is 0.0590. The minimum Gasteiger partial charge on any atom is -0.300 e. The fourth-order valence-electron chi connectivity index (χ4n) is 0.415. The van der Waals surface area contributed by atoms with E-state index in [1.54, 1.807) is 42.3 Å². The molecular formula is C9H24N3O4+3. The minimum atomic E-state index is 0.0590. The molecule has 0 aromatic carbocycles. The second-order valence-corrected chi connectivity index (χ2v) is 5.07. The van der Waals surface area contributed by atoms with Crippen LogP contribution in [0.25, 0.3) is 0 Å². The van der Waals surface area contributed by atoms with Gasteiger partial charge in [0.2, 0.25) is 0 Å². The maximum atomic E-state index is 10.9. The number of carbonyl (C=O) groups is 1. The fraction of sp³-hybridized carbons (Fsp3) is 0.889. The predicted octanol–water partition coefficient (Wildman–Crippen LogP) is 0.466. The van der Waals surface area contributed by atoms with Crippen LogP contribution in [0.1, 0.15) is 13.8 Å². The molecule has 0 aliphatic carbocycles. The van der Waals surface area contributed by atoms with Crippen LogP contribution in [0.15, 0.2) is 0 Å². The Hall–Kier alpha value is -1.21. The number of nitrogens with zero attached hydrogens (tertiary/aromatic N) is 3. The summed E-state index contributed by atoms with van der Waals surface area (Å²) in [6.45, 7) is 3.06. The predicted molar refractivity (Wildman–Crippen MR) is 58.2 cm³/mol. The molecule has 0 bridgehead atoms. The van der Waals surface area contributed by atoms with Crippen molar-refractivity contribution in [2.24, 2.45) is 0 Å². The molecule has 0 aliphatic rings. The quantitative estimate of drug-likeness (QED) is 0.527. The van der Waals surface area contributed by atoms with Gasteiger partial charge in [0.1, 0.15) is 53.0 Å². The van der Waals surface area contributed by atoms with Gasteiger partial charge < -0.3 is 4.79 Å². The summed E-state index contributed by atoms with van der Waals surface area (Å²) in [7, 11) is 10.3. The van der Waals surface area contributed by atoms with Crippen LogP contribution in [-0.2, 0) is 14.7 Å². The highest BCUT2D eigenvalue weighted by Gasteiger charge is 2.33. The van der Waals surface area contributed by atoms with Crippen LogP contribution in [0.3, 0.4) is 0 Å². The smallest absolute Gasteiger partial charge is 0.300 e. The summed E-state index contributed by atoms with van der Waals surface area (Å²) < 4.78 is 0.118. The molecule has 0 spiro atoms. The molecular weight excluding hydrogens is 214 g/mol. The molecule has 16 heavy (non-hydrogen) atoms. The molecule has 0 heterocycles. The van der Waals surface area contributed by atoms with E-state index in [2.05, 4.69) is 0 Å². The molecule has 0 aromatic rings. The van der Waals surface area contributed by atoms with Gasteiger partial charge in [0.05, 0.1) is 0 Å². The summed E-state index contributed by atoms with van der Waals surface area (Å²) in [4.78, 5) is 29.9. The summed E-state index contributed by atoms with van der Waals surface area (Å²) >= 11 is 0. The molecule has 0 aromatic heterocycles. The standard InChI is InChI=1S/C6H18N3O3.C3H6O/c1-8(2,3)11-7(10)12-9(4,5)6;1-3(2)4/h1-6H3;1-2H3/q+3;. The summed E-state index contributed by atoms with van der Waals surface area (Å²) in [6.07, 6.45) is 0. The number of carbonyl (C=O) groups excluding carboxylic acids is 1. The fourth-order valence-corrected chi connectivity index (χ4v) is 0.415. The lowest BCUT2D eigenvalue weighted by atomic mass is 10.6. The molecule has 7 nitrogen and oxygen atoms in total. The van der Waals surface area contributed by atoms with Crippen LogP contribution < -0.4 is 0 Å². The molecule has 0 unspecified atom stereocenters. The first-order chi connectivity index (χ1) is 6.83. The zero-order valence-electron chi connectivity index (χ0n) is 11.5. The molecule has 0 radical (unpaired) electrons. The van der Waals surface area contributed by atoms with Gasteiger partial charge in [0.25, 0.3) is 0 Å². The number of ketones is 1. The number of quaternary nitrogens is 2. The Labute approximate surface area is 96.7 Å². The summed E-state index contributed by atoms with van der Waals surface area (Å²) in [5.41, 5.74) is 0. The van der Waals surface area contributed by atoms with Crippen molar-refractivity contribution < 1.29 is 29.1 Å². The first-order valence-corrected chi connectivity index (χ1v) is 4.80. The van der Waals surface area contributed by atoms with Crippen molar-refractivity contribution in [3.63, 3.8) is 0 Å². The van der Waals surface area contributed by atoms with Gasteiger partial charge in [0.15, 0.2) is 0 Å². The lowest BCUT2D eigenvalue weighted by Crippen LogP contribution is -2.44. The average molecular weight is 238 g/mol. The van der Waals surface area contributed by atoms with Crippen LogP contribution in [0.4, 0.5) is 0 Å². The Morgan fingerprint density at radius 3 is 1.19 bits per heavy atom. The summed E-state index contributed by atoms with van der Waals surface area (Å²) in [5, 5.41) is 0.111. The van der Waals surface area contributed by atoms with Crippen molar-refractivity contribution in [1.29, 1.82) is 0 Å². The number of hydrogen-bond acceptors (Lipinski definition) is 4. The maximum absolute atomic E-state index is 10.9. The van der Waals surface area contributed by atoms with Gasteiger partial charge in [-0.25, -0.2) is 0 Å². The van der Waals surface area contributed by atoms with Gasteiger partial charge in [-0.3, -0.25) is 0 Å². The molecule has 0 N–H and O–H groups in total. The summed E-state index contributed by atoms with van der Waals surface area (Å²) in [5.74, 6) is 0.167. The highest BCUT2D eigenvalue weighted by molar-refractivity contribution is 5.72. The second kappa shape index (κ2) is 6.39. The monoisotopic (exact) mass is 238 g/mol. The largest absolute Gasteiger partial charge is 0.581 e. The van der Waals surface area contributed by atoms with E-state index in [1.807, 2.05) is 0 Å². The van der Waals surface area contributed by atoms with Gasteiger partial charge in [-0.2, -0.15) is 0 Å². The zero-order chi connectivity index (χ0) is 13.6. The molecule has 0 amide bonds. The van der Waals surface area contributed by atoms with Crippen molar-refractivity contribution in [2.45, 2.75) is 13.8 Å². The molecule has 0 atom stereocenters. The average Bonchev–Trinajstić information content (AvgIpc) is 1.72. The molecule has 0 fully saturated rings. The van der Waals surface area contributed by atoms with E-state index in [1.165, 1.54) is 13.8 Å². The summed E-state index contributed by atoms with van der Waals surface area (Å²) in [6, 6.07) is 0. The van der Waals surface area contributed by atoms with E-state index >= 15 is 0 Å². The first kappa shape index (κ1) is 17.2. The van der Waals surface area contributed by atoms with Crippen molar-refractivity contribution in [2.75, 3.05) is 42.3 Å². The molecule has 0 saturated carbocycles. The van der Waals surface area contributed by atoms with Crippen LogP contribution in [0.2, 0.25) is 0 Å². The maximum Gasteiger partial charge on any atom is 0.581 e. The highest BCUT2D eigenvalue weighted by Crippen LogP contribution is 1.98. The number of hydrogen-bond donors (Lipinski definition) is 0. The molecule has 0 aliphatic heterocycles. The number of Topliss-reactive ketones (excluding diaryl/α,β-unsaturated/α-hetero) is 1. The SMILES string of the molecule is CC(C)=O.C[N+](C)(C)O[N+](=O)O[N+](C)(C)C. The Balaban J connectivity index is 0. The van der Waals surface area contributed by atoms with E-state index in [-0.39, 0.29) is 20.2 Å². The third kappa shape index (κ3) is 23.0. The Morgan fingerprint density at radius 2 is 1.06 bits per heavy atom. The van der Waals surface area contributed by atoms with Crippen molar-refractivity contribution >= 4 is 5.78 Å². The van der Waals surface area contributed by atoms with Gasteiger partial charge >= 0.3 is 5.09 Å². The molecule has 0 saturated heterocycles. The van der Waals surface area contributed by atoms with Crippen molar-refractivity contribution in [3.8, 4) is 0 Å². The number of rotatable bonds is 4. The van der Waals surface area contributed by atoms with Gasteiger partial charge in [-0.05, 0) is 13.8 Å². The van der Waals surface area contributed by atoms with E-state index in [9.17, 15) is 9.70 Å². The Morgan fingerprint density at radius 1 is 0.875 bits per heavy atom. The normalized spacial score (nSPS) is 11.0. The molecule has 96 valence electrons. The number of hydroxylamine groups is 6. The highest BCUT2D eigenvalue weighted by atomic mass is 17.1. The topological polar surface area (TPSA) is 55.6 Å². The van der Waals surface area contributed by atoms with Gasteiger partial charge in [-0.1, -0.05) is 9.29 Å². The third-order valence-electron chi connectivity index (χ3n) is 0.623. The van der Waals surface area contributed by atoms with Crippen molar-refractivity contribution in [1.82, 2.24) is 0 Å². The van der Waals surface area contributed by atoms with E-state index in [0.717, 1.165) is 0 Å². The Bertz CT molecular complexity index is 218. The van der Waals surface area contributed by atoms with Crippen LogP contribution in [-0.4, -0.2) is 62.4 Å². The van der Waals surface area contributed by atoms with Crippen LogP contribution >= 0.6 is 0 Å². The van der Waals surface area contributed by atoms with E-state index in [4.69, 9.17) is 9.88 Å².